The van der Waals surface area contributed by atoms with E-state index in [1.165, 1.54) is 7.05 Å². The summed E-state index contributed by atoms with van der Waals surface area (Å²) >= 11 is 0. The largest absolute Gasteiger partial charge is 0.368 e. The summed E-state index contributed by atoms with van der Waals surface area (Å²) in [5.41, 5.74) is 8.13. The number of benzene rings is 2. The Morgan fingerprint density at radius 1 is 1.09 bits per heavy atom. The van der Waals surface area contributed by atoms with Crippen LogP contribution in [0.2, 0.25) is 0 Å². The molecule has 0 amide bonds. The summed E-state index contributed by atoms with van der Waals surface area (Å²) in [7, 11) is -2.06. The number of rotatable bonds is 3. The fourth-order valence-corrected chi connectivity index (χ4v) is 2.96. The molecule has 0 saturated carbocycles. The summed E-state index contributed by atoms with van der Waals surface area (Å²) in [5.74, 6) is 0.203. The monoisotopic (exact) mass is 314 g/mol. The Bertz CT molecular complexity index is 937. The van der Waals surface area contributed by atoms with Gasteiger partial charge in [-0.1, -0.05) is 30.3 Å². The molecule has 0 aliphatic rings. The number of fused-ring (bicyclic) bond motifs is 1. The predicted octanol–water partition coefficient (Wildman–Crippen LogP) is 1.79. The zero-order valence-electron chi connectivity index (χ0n) is 11.8. The van der Waals surface area contributed by atoms with E-state index in [1.807, 2.05) is 18.2 Å². The lowest BCUT2D eigenvalue weighted by Crippen LogP contribution is -2.18. The second kappa shape index (κ2) is 5.36. The molecule has 0 unspecified atom stereocenters. The normalized spacial score (nSPS) is 11.7. The van der Waals surface area contributed by atoms with Crippen LogP contribution >= 0.6 is 0 Å². The molecule has 1 aromatic heterocycles. The van der Waals surface area contributed by atoms with E-state index in [0.29, 0.717) is 0 Å². The number of hydrogen-bond donors (Lipinski definition) is 2. The van der Waals surface area contributed by atoms with E-state index < -0.39 is 10.0 Å². The molecule has 22 heavy (non-hydrogen) atoms. The van der Waals surface area contributed by atoms with Gasteiger partial charge < -0.3 is 5.73 Å². The third-order valence-corrected chi connectivity index (χ3v) is 4.80. The van der Waals surface area contributed by atoms with Gasteiger partial charge in [0.2, 0.25) is 16.0 Å². The first-order valence-corrected chi connectivity index (χ1v) is 8.05. The van der Waals surface area contributed by atoms with Gasteiger partial charge in [0.1, 0.15) is 0 Å². The Balaban J connectivity index is 2.14. The molecule has 2 aromatic carbocycles. The average molecular weight is 314 g/mol. The Kier molecular flexibility index (Phi) is 3.51. The van der Waals surface area contributed by atoms with Crippen LogP contribution in [0.25, 0.3) is 22.0 Å². The third-order valence-electron chi connectivity index (χ3n) is 3.37. The quantitative estimate of drug-likeness (QED) is 0.768. The number of nitrogens with one attached hydrogen (secondary N) is 1. The Morgan fingerprint density at radius 3 is 2.50 bits per heavy atom. The van der Waals surface area contributed by atoms with Crippen LogP contribution in [0.3, 0.4) is 0 Å². The van der Waals surface area contributed by atoms with Crippen molar-refractivity contribution in [3.8, 4) is 11.1 Å². The van der Waals surface area contributed by atoms with Crippen molar-refractivity contribution in [2.45, 2.75) is 4.90 Å². The van der Waals surface area contributed by atoms with E-state index in [-0.39, 0.29) is 10.8 Å². The highest BCUT2D eigenvalue weighted by Crippen LogP contribution is 2.28. The van der Waals surface area contributed by atoms with Gasteiger partial charge in [0.05, 0.1) is 10.4 Å². The molecular weight excluding hydrogens is 300 g/mol. The van der Waals surface area contributed by atoms with Crippen LogP contribution in [0.4, 0.5) is 5.95 Å². The second-order valence-electron chi connectivity index (χ2n) is 4.70. The van der Waals surface area contributed by atoms with Crippen molar-refractivity contribution in [2.24, 2.45) is 0 Å². The molecule has 3 aromatic rings. The highest BCUT2D eigenvalue weighted by molar-refractivity contribution is 7.89. The van der Waals surface area contributed by atoms with Crippen LogP contribution in [0.1, 0.15) is 0 Å². The summed E-state index contributed by atoms with van der Waals surface area (Å²) in [4.78, 5) is 8.47. The van der Waals surface area contributed by atoms with Crippen molar-refractivity contribution >= 4 is 26.9 Å². The molecule has 0 saturated heterocycles. The fourth-order valence-electron chi connectivity index (χ4n) is 2.23. The fraction of sp³-hybridized carbons (Fsp3) is 0.0667. The molecule has 6 nitrogen and oxygen atoms in total. The second-order valence-corrected chi connectivity index (χ2v) is 6.59. The van der Waals surface area contributed by atoms with E-state index in [0.717, 1.165) is 22.0 Å². The number of sulfonamides is 1. The lowest BCUT2D eigenvalue weighted by atomic mass is 10.0. The lowest BCUT2D eigenvalue weighted by molar-refractivity contribution is 0.588. The van der Waals surface area contributed by atoms with Gasteiger partial charge in [0.15, 0.2) is 0 Å². The molecule has 0 atom stereocenters. The summed E-state index contributed by atoms with van der Waals surface area (Å²) in [6, 6.07) is 12.3. The van der Waals surface area contributed by atoms with Gasteiger partial charge in [-0.05, 0) is 24.7 Å². The first-order valence-electron chi connectivity index (χ1n) is 6.56. The topological polar surface area (TPSA) is 98.0 Å². The van der Waals surface area contributed by atoms with Gasteiger partial charge in [-0.2, -0.15) is 0 Å². The molecule has 112 valence electrons. The zero-order chi connectivity index (χ0) is 15.7. The first-order chi connectivity index (χ1) is 10.5. The molecular formula is C15H14N4O2S. The Hall–Kier alpha value is -2.51. The van der Waals surface area contributed by atoms with E-state index in [9.17, 15) is 8.42 Å². The van der Waals surface area contributed by atoms with Crippen LogP contribution < -0.4 is 10.5 Å². The third kappa shape index (κ3) is 2.51. The summed E-state index contributed by atoms with van der Waals surface area (Å²) in [5, 5.41) is 0.874. The van der Waals surface area contributed by atoms with Crippen molar-refractivity contribution in [3.05, 3.63) is 48.7 Å². The first kappa shape index (κ1) is 14.4. The van der Waals surface area contributed by atoms with Crippen LogP contribution in [0.5, 0.6) is 0 Å². The van der Waals surface area contributed by atoms with Gasteiger partial charge in [-0.3, -0.25) is 0 Å². The standard InChI is InChI=1S/C15H14N4O2S/c1-17-22(20,21)12-7-5-10(6-8-12)13-4-2-3-11-9-18-15(16)19-14(11)13/h2-9,17H,1H3,(H2,16,18,19). The van der Waals surface area contributed by atoms with Gasteiger partial charge in [0.25, 0.3) is 0 Å². The van der Waals surface area contributed by atoms with E-state index in [1.54, 1.807) is 30.5 Å². The highest BCUT2D eigenvalue weighted by Gasteiger charge is 2.12. The van der Waals surface area contributed by atoms with Crippen molar-refractivity contribution in [1.29, 1.82) is 0 Å². The summed E-state index contributed by atoms with van der Waals surface area (Å²) in [6.07, 6.45) is 1.67. The van der Waals surface area contributed by atoms with Gasteiger partial charge >= 0.3 is 0 Å². The maximum atomic E-state index is 11.8. The van der Waals surface area contributed by atoms with Crippen molar-refractivity contribution < 1.29 is 8.42 Å². The molecule has 0 spiro atoms. The SMILES string of the molecule is CNS(=O)(=O)c1ccc(-c2cccc3cnc(N)nc23)cc1. The molecule has 0 bridgehead atoms. The maximum absolute atomic E-state index is 11.8. The van der Waals surface area contributed by atoms with E-state index >= 15 is 0 Å². The van der Waals surface area contributed by atoms with E-state index in [4.69, 9.17) is 5.73 Å². The molecule has 3 N–H and O–H groups in total. The highest BCUT2D eigenvalue weighted by atomic mass is 32.2. The van der Waals surface area contributed by atoms with Gasteiger partial charge in [-0.15, -0.1) is 0 Å². The summed E-state index contributed by atoms with van der Waals surface area (Å²) in [6.45, 7) is 0. The number of nitrogen functional groups attached to an aromatic ring is 1. The molecule has 1 heterocycles. The number of para-hydroxylation sites is 1. The number of nitrogens with two attached hydrogens (primary N) is 1. The lowest BCUT2D eigenvalue weighted by Gasteiger charge is -2.08. The number of aromatic nitrogens is 2. The smallest absolute Gasteiger partial charge is 0.240 e. The molecule has 7 heteroatoms. The van der Waals surface area contributed by atoms with Crippen LogP contribution in [0, 0.1) is 0 Å². The van der Waals surface area contributed by atoms with E-state index in [2.05, 4.69) is 14.7 Å². The van der Waals surface area contributed by atoms with Crippen LogP contribution in [0.15, 0.2) is 53.6 Å². The molecule has 0 aliphatic carbocycles. The van der Waals surface area contributed by atoms with Gasteiger partial charge in [0, 0.05) is 17.1 Å². The average Bonchev–Trinajstić information content (AvgIpc) is 2.54. The number of hydrogen-bond acceptors (Lipinski definition) is 5. The Morgan fingerprint density at radius 2 is 1.82 bits per heavy atom. The number of anilines is 1. The van der Waals surface area contributed by atoms with Crippen molar-refractivity contribution in [2.75, 3.05) is 12.8 Å². The number of nitrogens with zero attached hydrogens (tertiary/aromatic N) is 2. The van der Waals surface area contributed by atoms with Crippen molar-refractivity contribution in [3.63, 3.8) is 0 Å². The predicted molar refractivity (Wildman–Crippen MR) is 85.6 cm³/mol. The Labute approximate surface area is 128 Å². The summed E-state index contributed by atoms with van der Waals surface area (Å²) < 4.78 is 25.8. The zero-order valence-corrected chi connectivity index (χ0v) is 12.6. The minimum absolute atomic E-state index is 0.203. The maximum Gasteiger partial charge on any atom is 0.240 e. The van der Waals surface area contributed by atoms with Crippen LogP contribution in [-0.4, -0.2) is 25.4 Å². The van der Waals surface area contributed by atoms with Crippen LogP contribution in [-0.2, 0) is 10.0 Å². The molecule has 3 rings (SSSR count). The minimum Gasteiger partial charge on any atom is -0.368 e. The van der Waals surface area contributed by atoms with Crippen molar-refractivity contribution in [1.82, 2.24) is 14.7 Å². The molecule has 0 fully saturated rings. The molecule has 0 aliphatic heterocycles. The minimum atomic E-state index is -3.44. The van der Waals surface area contributed by atoms with Gasteiger partial charge in [-0.25, -0.2) is 23.1 Å². The molecule has 0 radical (unpaired) electrons.